The van der Waals surface area contributed by atoms with Gasteiger partial charge in [-0.15, -0.1) is 0 Å². The fourth-order valence-corrected chi connectivity index (χ4v) is 2.05. The number of rotatable bonds is 4. The van der Waals surface area contributed by atoms with E-state index in [-0.39, 0.29) is 5.91 Å². The fraction of sp³-hybridized carbons (Fsp3) is 0.533. The van der Waals surface area contributed by atoms with Crippen LogP contribution in [0.15, 0.2) is 18.2 Å². The van der Waals surface area contributed by atoms with Crippen molar-refractivity contribution in [3.63, 3.8) is 0 Å². The van der Waals surface area contributed by atoms with Gasteiger partial charge in [0.15, 0.2) is 0 Å². The Bertz CT molecular complexity index is 416. The van der Waals surface area contributed by atoms with Crippen LogP contribution < -0.4 is 10.6 Å². The minimum Gasteiger partial charge on any atom is -0.329 e. The van der Waals surface area contributed by atoms with E-state index in [0.29, 0.717) is 6.54 Å². The third kappa shape index (κ3) is 2.91. The molecule has 2 N–H and O–H groups in total. The first-order valence-electron chi connectivity index (χ1n) is 6.40. The van der Waals surface area contributed by atoms with E-state index in [0.717, 1.165) is 23.2 Å². The van der Waals surface area contributed by atoms with Gasteiger partial charge in [-0.05, 0) is 50.5 Å². The van der Waals surface area contributed by atoms with Gasteiger partial charge in [-0.3, -0.25) is 4.79 Å². The lowest BCUT2D eigenvalue weighted by molar-refractivity contribution is -0.126. The number of hydrogen-bond donors (Lipinski definition) is 1. The van der Waals surface area contributed by atoms with Gasteiger partial charge < -0.3 is 10.6 Å². The molecule has 1 aromatic carbocycles. The molecule has 1 aromatic rings. The Labute approximate surface area is 110 Å². The first-order valence-corrected chi connectivity index (χ1v) is 6.40. The van der Waals surface area contributed by atoms with E-state index in [9.17, 15) is 4.79 Å². The van der Waals surface area contributed by atoms with Gasteiger partial charge in [-0.1, -0.05) is 13.0 Å². The molecule has 18 heavy (non-hydrogen) atoms. The van der Waals surface area contributed by atoms with E-state index in [4.69, 9.17) is 5.73 Å². The first kappa shape index (κ1) is 14.7. The van der Waals surface area contributed by atoms with Crippen molar-refractivity contribution in [1.29, 1.82) is 0 Å². The van der Waals surface area contributed by atoms with Crippen LogP contribution in [0.4, 0.5) is 5.69 Å². The van der Waals surface area contributed by atoms with Gasteiger partial charge in [-0.25, -0.2) is 0 Å². The van der Waals surface area contributed by atoms with Gasteiger partial charge in [0.25, 0.3) is 0 Å². The zero-order chi connectivity index (χ0) is 13.9. The lowest BCUT2D eigenvalue weighted by atomic mass is 9.86. The molecule has 1 rings (SSSR count). The summed E-state index contributed by atoms with van der Waals surface area (Å²) in [5, 5.41) is 0. The highest BCUT2D eigenvalue weighted by Crippen LogP contribution is 2.26. The van der Waals surface area contributed by atoms with Gasteiger partial charge in [0.05, 0.1) is 5.41 Å². The van der Waals surface area contributed by atoms with Crippen LogP contribution in [0.5, 0.6) is 0 Å². The Hall–Kier alpha value is -1.35. The van der Waals surface area contributed by atoms with Gasteiger partial charge in [-0.2, -0.15) is 0 Å². The predicted octanol–water partition coefficient (Wildman–Crippen LogP) is 2.64. The SMILES string of the molecule is CCC(C)(CN)C(=O)N(C)c1cc(C)cc(C)c1. The van der Waals surface area contributed by atoms with Crippen LogP contribution in [-0.2, 0) is 4.79 Å². The van der Waals surface area contributed by atoms with Gasteiger partial charge in [0.2, 0.25) is 5.91 Å². The summed E-state index contributed by atoms with van der Waals surface area (Å²) in [5.41, 5.74) is 8.53. The van der Waals surface area contributed by atoms with Gasteiger partial charge >= 0.3 is 0 Å². The summed E-state index contributed by atoms with van der Waals surface area (Å²) in [7, 11) is 1.82. The Balaban J connectivity index is 3.06. The van der Waals surface area contributed by atoms with Crippen LogP contribution in [-0.4, -0.2) is 19.5 Å². The first-order chi connectivity index (χ1) is 8.34. The zero-order valence-electron chi connectivity index (χ0n) is 12.1. The molecule has 0 fully saturated rings. The number of anilines is 1. The topological polar surface area (TPSA) is 46.3 Å². The number of hydrogen-bond acceptors (Lipinski definition) is 2. The average Bonchev–Trinajstić information content (AvgIpc) is 2.34. The maximum atomic E-state index is 12.5. The molecule has 0 spiro atoms. The Morgan fingerprint density at radius 2 is 1.78 bits per heavy atom. The molecule has 1 amide bonds. The zero-order valence-corrected chi connectivity index (χ0v) is 12.1. The Kier molecular flexibility index (Phi) is 4.52. The molecule has 0 saturated carbocycles. The molecular formula is C15H24N2O. The second-order valence-corrected chi connectivity index (χ2v) is 5.33. The number of carbonyl (C=O) groups excluding carboxylic acids is 1. The molecule has 100 valence electrons. The third-order valence-electron chi connectivity index (χ3n) is 3.65. The summed E-state index contributed by atoms with van der Waals surface area (Å²) in [6, 6.07) is 6.15. The number of benzene rings is 1. The van der Waals surface area contributed by atoms with E-state index in [2.05, 4.69) is 6.07 Å². The van der Waals surface area contributed by atoms with Crippen molar-refractivity contribution in [1.82, 2.24) is 0 Å². The third-order valence-corrected chi connectivity index (χ3v) is 3.65. The molecule has 0 heterocycles. The predicted molar refractivity (Wildman–Crippen MR) is 76.8 cm³/mol. The number of amides is 1. The molecule has 0 aliphatic heterocycles. The van der Waals surface area contributed by atoms with Gasteiger partial charge in [0.1, 0.15) is 0 Å². The van der Waals surface area contributed by atoms with E-state index < -0.39 is 5.41 Å². The minimum absolute atomic E-state index is 0.0810. The molecule has 3 nitrogen and oxygen atoms in total. The van der Waals surface area contributed by atoms with Crippen molar-refractivity contribution >= 4 is 11.6 Å². The second kappa shape index (κ2) is 5.53. The highest BCUT2D eigenvalue weighted by atomic mass is 16.2. The van der Waals surface area contributed by atoms with Crippen molar-refractivity contribution in [3.05, 3.63) is 29.3 Å². The number of nitrogens with zero attached hydrogens (tertiary/aromatic N) is 1. The molecule has 3 heteroatoms. The summed E-state index contributed by atoms with van der Waals surface area (Å²) >= 11 is 0. The smallest absolute Gasteiger partial charge is 0.233 e. The quantitative estimate of drug-likeness (QED) is 0.890. The molecule has 0 saturated heterocycles. The normalized spacial score (nSPS) is 14.1. The number of nitrogens with two attached hydrogens (primary N) is 1. The molecule has 1 unspecified atom stereocenters. The van der Waals surface area contributed by atoms with Gasteiger partial charge in [0, 0.05) is 19.3 Å². The highest BCUT2D eigenvalue weighted by molar-refractivity contribution is 5.97. The van der Waals surface area contributed by atoms with Crippen molar-refractivity contribution in [2.24, 2.45) is 11.1 Å². The standard InChI is InChI=1S/C15H24N2O/c1-6-15(4,10-16)14(18)17(5)13-8-11(2)7-12(3)9-13/h7-9H,6,10,16H2,1-5H3. The summed E-state index contributed by atoms with van der Waals surface area (Å²) in [6.45, 7) is 8.37. The molecule has 0 radical (unpaired) electrons. The van der Waals surface area contributed by atoms with Crippen molar-refractivity contribution in [2.75, 3.05) is 18.5 Å². The lowest BCUT2D eigenvalue weighted by Crippen LogP contribution is -2.44. The Morgan fingerprint density at radius 1 is 1.28 bits per heavy atom. The molecule has 1 atom stereocenters. The van der Waals surface area contributed by atoms with Crippen LogP contribution in [0.25, 0.3) is 0 Å². The molecule has 0 aliphatic rings. The molecule has 0 aromatic heterocycles. The summed E-state index contributed by atoms with van der Waals surface area (Å²) in [6.07, 6.45) is 0.747. The van der Waals surface area contributed by atoms with E-state index in [1.165, 1.54) is 0 Å². The number of carbonyl (C=O) groups is 1. The summed E-state index contributed by atoms with van der Waals surface area (Å²) in [5.74, 6) is 0.0810. The fourth-order valence-electron chi connectivity index (χ4n) is 2.05. The number of aryl methyl sites for hydroxylation is 2. The largest absolute Gasteiger partial charge is 0.329 e. The van der Waals surface area contributed by atoms with E-state index in [1.807, 2.05) is 46.9 Å². The van der Waals surface area contributed by atoms with Crippen LogP contribution in [0.1, 0.15) is 31.4 Å². The maximum absolute atomic E-state index is 12.5. The van der Waals surface area contributed by atoms with E-state index in [1.54, 1.807) is 4.90 Å². The maximum Gasteiger partial charge on any atom is 0.233 e. The Morgan fingerprint density at radius 3 is 2.17 bits per heavy atom. The second-order valence-electron chi connectivity index (χ2n) is 5.33. The van der Waals surface area contributed by atoms with Crippen molar-refractivity contribution < 1.29 is 4.79 Å². The molecular weight excluding hydrogens is 224 g/mol. The van der Waals surface area contributed by atoms with Crippen LogP contribution in [0.2, 0.25) is 0 Å². The minimum atomic E-state index is -0.480. The summed E-state index contributed by atoms with van der Waals surface area (Å²) in [4.78, 5) is 14.2. The molecule has 0 aliphatic carbocycles. The summed E-state index contributed by atoms with van der Waals surface area (Å²) < 4.78 is 0. The highest BCUT2D eigenvalue weighted by Gasteiger charge is 2.32. The van der Waals surface area contributed by atoms with Crippen LogP contribution >= 0.6 is 0 Å². The average molecular weight is 248 g/mol. The van der Waals surface area contributed by atoms with E-state index >= 15 is 0 Å². The van der Waals surface area contributed by atoms with Crippen molar-refractivity contribution in [3.8, 4) is 0 Å². The lowest BCUT2D eigenvalue weighted by Gasteiger charge is -2.31. The van der Waals surface area contributed by atoms with Crippen LogP contribution in [0.3, 0.4) is 0 Å². The molecule has 0 bridgehead atoms. The monoisotopic (exact) mass is 248 g/mol. The van der Waals surface area contributed by atoms with Crippen LogP contribution in [0, 0.1) is 19.3 Å². The van der Waals surface area contributed by atoms with Crippen molar-refractivity contribution in [2.45, 2.75) is 34.1 Å².